The fraction of sp³-hybridized carbons (Fsp3) is 0. The maximum atomic E-state index is 12.8. The molecule has 5 aromatic rings. The minimum atomic E-state index is -0.495. The van der Waals surface area contributed by atoms with Gasteiger partial charge in [0.2, 0.25) is 11.0 Å². The molecule has 0 aliphatic carbocycles. The van der Waals surface area contributed by atoms with Gasteiger partial charge in [0, 0.05) is 28.5 Å². The van der Waals surface area contributed by atoms with Gasteiger partial charge in [-0.05, 0) is 42.5 Å². The van der Waals surface area contributed by atoms with Gasteiger partial charge in [-0.3, -0.25) is 14.9 Å². The van der Waals surface area contributed by atoms with Crippen molar-refractivity contribution in [3.63, 3.8) is 0 Å². The van der Waals surface area contributed by atoms with Crippen LogP contribution in [0.4, 0.5) is 10.8 Å². The summed E-state index contributed by atoms with van der Waals surface area (Å²) in [5.74, 6) is -0.966. The predicted molar refractivity (Wildman–Crippen MR) is 155 cm³/mol. The third-order valence-corrected chi connectivity index (χ3v) is 6.49. The van der Waals surface area contributed by atoms with Crippen molar-refractivity contribution in [3.05, 3.63) is 132 Å². The highest BCUT2D eigenvalue weighted by Gasteiger charge is 2.13. The van der Waals surface area contributed by atoms with Gasteiger partial charge in [0.15, 0.2) is 0 Å². The molecule has 2 amide bonds. The van der Waals surface area contributed by atoms with E-state index in [0.29, 0.717) is 38.3 Å². The predicted octanol–water partition coefficient (Wildman–Crippen LogP) is 6.33. The van der Waals surface area contributed by atoms with Crippen LogP contribution in [0.1, 0.15) is 26.3 Å². The van der Waals surface area contributed by atoms with Crippen molar-refractivity contribution in [1.82, 2.24) is 10.2 Å². The summed E-state index contributed by atoms with van der Waals surface area (Å²) in [7, 11) is 0. The van der Waals surface area contributed by atoms with E-state index in [4.69, 9.17) is 4.74 Å². The van der Waals surface area contributed by atoms with E-state index in [1.807, 2.05) is 36.4 Å². The number of para-hydroxylation sites is 1. The zero-order chi connectivity index (χ0) is 27.7. The first-order valence-electron chi connectivity index (χ1n) is 12.2. The normalized spacial score (nSPS) is 10.7. The van der Waals surface area contributed by atoms with Crippen molar-refractivity contribution >= 4 is 46.0 Å². The van der Waals surface area contributed by atoms with E-state index in [-0.39, 0.29) is 5.91 Å². The lowest BCUT2D eigenvalue weighted by molar-refractivity contribution is -0.111. The van der Waals surface area contributed by atoms with Crippen LogP contribution in [0.15, 0.2) is 115 Å². The number of carbonyl (C=O) groups is 3. The van der Waals surface area contributed by atoms with E-state index < -0.39 is 11.9 Å². The molecule has 0 aliphatic rings. The van der Waals surface area contributed by atoms with Crippen LogP contribution in [0.5, 0.6) is 5.75 Å². The van der Waals surface area contributed by atoms with Crippen molar-refractivity contribution in [1.29, 1.82) is 0 Å². The van der Waals surface area contributed by atoms with Crippen molar-refractivity contribution < 1.29 is 19.1 Å². The zero-order valence-electron chi connectivity index (χ0n) is 21.0. The molecule has 0 fully saturated rings. The van der Waals surface area contributed by atoms with Gasteiger partial charge >= 0.3 is 5.97 Å². The molecule has 1 heterocycles. The van der Waals surface area contributed by atoms with Crippen LogP contribution in [-0.4, -0.2) is 28.0 Å². The van der Waals surface area contributed by atoms with E-state index in [2.05, 4.69) is 20.8 Å². The number of benzene rings is 4. The number of nitrogens with zero attached hydrogens (tertiary/aromatic N) is 2. The molecule has 0 spiro atoms. The molecule has 0 aliphatic heterocycles. The van der Waals surface area contributed by atoms with E-state index >= 15 is 0 Å². The smallest absolute Gasteiger partial charge is 0.343 e. The Bertz CT molecular complexity index is 1680. The van der Waals surface area contributed by atoms with Gasteiger partial charge in [0.05, 0.1) is 5.56 Å². The number of nitrogens with one attached hydrogen (secondary N) is 2. The van der Waals surface area contributed by atoms with Crippen molar-refractivity contribution in [2.45, 2.75) is 0 Å². The van der Waals surface area contributed by atoms with Crippen LogP contribution in [0, 0.1) is 0 Å². The van der Waals surface area contributed by atoms with Crippen LogP contribution < -0.4 is 15.4 Å². The first-order chi connectivity index (χ1) is 19.5. The van der Waals surface area contributed by atoms with Crippen LogP contribution in [0.25, 0.3) is 16.6 Å². The summed E-state index contributed by atoms with van der Waals surface area (Å²) in [5.41, 5.74) is 2.67. The fourth-order valence-electron chi connectivity index (χ4n) is 3.67. The number of aromatic nitrogens is 2. The monoisotopic (exact) mass is 546 g/mol. The molecule has 5 rings (SSSR count). The average Bonchev–Trinajstić information content (AvgIpc) is 3.46. The highest BCUT2D eigenvalue weighted by atomic mass is 32.1. The van der Waals surface area contributed by atoms with Crippen LogP contribution in [0.2, 0.25) is 0 Å². The number of amides is 2. The Hall–Kier alpha value is -5.41. The number of rotatable bonds is 8. The molecule has 8 nitrogen and oxygen atoms in total. The maximum Gasteiger partial charge on any atom is 0.343 e. The Kier molecular flexibility index (Phi) is 8.14. The summed E-state index contributed by atoms with van der Waals surface area (Å²) in [6.45, 7) is 0. The Labute approximate surface area is 234 Å². The minimum Gasteiger partial charge on any atom is -0.422 e. The molecule has 9 heteroatoms. The molecule has 0 saturated heterocycles. The minimum absolute atomic E-state index is 0.325. The Morgan fingerprint density at radius 3 is 2.23 bits per heavy atom. The summed E-state index contributed by atoms with van der Waals surface area (Å²) >= 11 is 1.27. The first-order valence-corrected chi connectivity index (χ1v) is 13.0. The fourth-order valence-corrected chi connectivity index (χ4v) is 4.42. The van der Waals surface area contributed by atoms with Crippen molar-refractivity contribution in [2.75, 3.05) is 10.6 Å². The second kappa shape index (κ2) is 12.4. The van der Waals surface area contributed by atoms with Crippen molar-refractivity contribution in [3.8, 4) is 16.3 Å². The number of esters is 1. The Balaban J connectivity index is 1.21. The lowest BCUT2D eigenvalue weighted by Crippen LogP contribution is -2.13. The van der Waals surface area contributed by atoms with Gasteiger partial charge in [-0.2, -0.15) is 0 Å². The summed E-state index contributed by atoms with van der Waals surface area (Å²) in [6, 6.07) is 31.7. The molecule has 0 radical (unpaired) electrons. The highest BCUT2D eigenvalue weighted by Crippen LogP contribution is 2.26. The lowest BCUT2D eigenvalue weighted by Gasteiger charge is -2.08. The molecule has 1 aromatic heterocycles. The summed E-state index contributed by atoms with van der Waals surface area (Å²) in [6.07, 6.45) is 2.88. The largest absolute Gasteiger partial charge is 0.422 e. The molecule has 0 bridgehead atoms. The Morgan fingerprint density at radius 1 is 0.725 bits per heavy atom. The summed E-state index contributed by atoms with van der Waals surface area (Å²) < 4.78 is 5.52. The number of hydrogen-bond acceptors (Lipinski definition) is 7. The molecule has 40 heavy (non-hydrogen) atoms. The first kappa shape index (κ1) is 26.2. The number of hydrogen-bond donors (Lipinski definition) is 2. The molecule has 0 unspecified atom stereocenters. The Morgan fingerprint density at radius 2 is 1.43 bits per heavy atom. The van der Waals surface area contributed by atoms with Gasteiger partial charge in [-0.25, -0.2) is 4.79 Å². The van der Waals surface area contributed by atoms with Gasteiger partial charge < -0.3 is 10.1 Å². The molecular formula is C31H22N4O4S. The van der Waals surface area contributed by atoms with Gasteiger partial charge in [0.25, 0.3) is 5.91 Å². The van der Waals surface area contributed by atoms with Gasteiger partial charge in [-0.1, -0.05) is 84.1 Å². The van der Waals surface area contributed by atoms with E-state index in [1.54, 1.807) is 78.9 Å². The molecule has 0 saturated carbocycles. The standard InChI is InChI=1S/C31H22N4O4S/c36-27(19-18-21-10-7-8-17-26(21)39-30(38)23-13-5-2-6-14-23)32-25-16-9-15-24(20-25)28(37)33-31-35-34-29(40-31)22-11-3-1-4-12-22/h1-20H,(H,32,36)(H,33,35,37)/b19-18+. The van der Waals surface area contributed by atoms with E-state index in [0.717, 1.165) is 5.56 Å². The molecule has 196 valence electrons. The summed E-state index contributed by atoms with van der Waals surface area (Å²) in [5, 5.41) is 14.7. The third kappa shape index (κ3) is 6.72. The SMILES string of the molecule is O=C(/C=C/c1ccccc1OC(=O)c1ccccc1)Nc1cccc(C(=O)Nc2nnc(-c3ccccc3)s2)c1. The summed E-state index contributed by atoms with van der Waals surface area (Å²) in [4.78, 5) is 37.9. The number of ether oxygens (including phenoxy) is 1. The van der Waals surface area contributed by atoms with Gasteiger partial charge in [0.1, 0.15) is 10.8 Å². The topological polar surface area (TPSA) is 110 Å². The van der Waals surface area contributed by atoms with Crippen molar-refractivity contribution in [2.24, 2.45) is 0 Å². The zero-order valence-corrected chi connectivity index (χ0v) is 21.8. The van der Waals surface area contributed by atoms with E-state index in [9.17, 15) is 14.4 Å². The molecular weight excluding hydrogens is 524 g/mol. The molecule has 2 N–H and O–H groups in total. The highest BCUT2D eigenvalue weighted by molar-refractivity contribution is 7.18. The number of anilines is 2. The van der Waals surface area contributed by atoms with E-state index in [1.165, 1.54) is 17.4 Å². The average molecular weight is 547 g/mol. The molecule has 0 atom stereocenters. The molecule has 4 aromatic carbocycles. The van der Waals surface area contributed by atoms with Gasteiger partial charge in [-0.15, -0.1) is 10.2 Å². The maximum absolute atomic E-state index is 12.8. The van der Waals surface area contributed by atoms with Crippen LogP contribution in [-0.2, 0) is 4.79 Å². The second-order valence-corrected chi connectivity index (χ2v) is 9.41. The second-order valence-electron chi connectivity index (χ2n) is 8.43. The van der Waals surface area contributed by atoms with Crippen LogP contribution in [0.3, 0.4) is 0 Å². The third-order valence-electron chi connectivity index (χ3n) is 5.60. The lowest BCUT2D eigenvalue weighted by atomic mass is 10.1. The van der Waals surface area contributed by atoms with Crippen LogP contribution >= 0.6 is 11.3 Å². The quantitative estimate of drug-likeness (QED) is 0.134. The number of carbonyl (C=O) groups excluding carboxylic acids is 3.